The van der Waals surface area contributed by atoms with Crippen LogP contribution in [0.25, 0.3) is 0 Å². The molecule has 2 aromatic carbocycles. The monoisotopic (exact) mass is 334 g/mol. The predicted molar refractivity (Wildman–Crippen MR) is 88.5 cm³/mol. The normalized spacial score (nSPS) is 9.86. The molecule has 0 atom stereocenters. The number of carboxylic acids is 1. The zero-order valence-corrected chi connectivity index (χ0v) is 12.7. The second-order valence-electron chi connectivity index (χ2n) is 4.27. The summed E-state index contributed by atoms with van der Waals surface area (Å²) in [5, 5.41) is 14.4. The van der Waals surface area contributed by atoms with E-state index in [1.54, 1.807) is 36.4 Å². The molecule has 0 fully saturated rings. The van der Waals surface area contributed by atoms with Crippen molar-refractivity contribution in [1.82, 2.24) is 5.32 Å². The summed E-state index contributed by atoms with van der Waals surface area (Å²) in [7, 11) is 0. The smallest absolute Gasteiger partial charge is 0.337 e. The van der Waals surface area contributed by atoms with Gasteiger partial charge >= 0.3 is 5.97 Å². The molecule has 0 spiro atoms. The Balaban J connectivity index is 2.05. The number of carboxylic acid groups (broad SMARTS) is 1. The SMILES string of the molecule is O=C(NC(=S)Nc1ccc(Cl)c(C(=O)O)c1)c1ccccc1. The van der Waals surface area contributed by atoms with Gasteiger partial charge in [0.05, 0.1) is 10.6 Å². The van der Waals surface area contributed by atoms with Gasteiger partial charge < -0.3 is 10.4 Å². The van der Waals surface area contributed by atoms with Crippen molar-refractivity contribution >= 4 is 46.5 Å². The highest BCUT2D eigenvalue weighted by Crippen LogP contribution is 2.20. The molecule has 2 rings (SSSR count). The van der Waals surface area contributed by atoms with Crippen LogP contribution in [-0.2, 0) is 0 Å². The molecule has 0 aromatic heterocycles. The Kier molecular flexibility index (Phi) is 5.08. The van der Waals surface area contributed by atoms with Gasteiger partial charge in [0.25, 0.3) is 5.91 Å². The lowest BCUT2D eigenvalue weighted by atomic mass is 10.2. The van der Waals surface area contributed by atoms with E-state index in [9.17, 15) is 9.59 Å². The van der Waals surface area contributed by atoms with Gasteiger partial charge in [-0.25, -0.2) is 4.79 Å². The van der Waals surface area contributed by atoms with Crippen molar-refractivity contribution in [3.63, 3.8) is 0 Å². The molecule has 0 unspecified atom stereocenters. The molecule has 0 heterocycles. The number of rotatable bonds is 3. The maximum Gasteiger partial charge on any atom is 0.337 e. The van der Waals surface area contributed by atoms with Gasteiger partial charge in [-0.05, 0) is 42.5 Å². The van der Waals surface area contributed by atoms with E-state index in [1.165, 1.54) is 12.1 Å². The van der Waals surface area contributed by atoms with Crippen LogP contribution in [0.2, 0.25) is 5.02 Å². The molecule has 112 valence electrons. The van der Waals surface area contributed by atoms with E-state index in [2.05, 4.69) is 10.6 Å². The molecule has 0 saturated heterocycles. The number of aromatic carboxylic acids is 1. The van der Waals surface area contributed by atoms with Gasteiger partial charge in [-0.1, -0.05) is 29.8 Å². The first-order valence-corrected chi connectivity index (χ1v) is 6.96. The standard InChI is InChI=1S/C15H11ClN2O3S/c16-12-7-6-10(8-11(12)14(20)21)17-15(22)18-13(19)9-4-2-1-3-5-9/h1-8H,(H,20,21)(H2,17,18,19,22). The number of hydrogen-bond donors (Lipinski definition) is 3. The van der Waals surface area contributed by atoms with Crippen LogP contribution >= 0.6 is 23.8 Å². The Morgan fingerprint density at radius 2 is 1.77 bits per heavy atom. The number of carbonyl (C=O) groups excluding carboxylic acids is 1. The number of hydrogen-bond acceptors (Lipinski definition) is 3. The first-order chi connectivity index (χ1) is 10.5. The Labute approximate surface area is 136 Å². The number of nitrogens with one attached hydrogen (secondary N) is 2. The van der Waals surface area contributed by atoms with Crippen LogP contribution in [0.4, 0.5) is 5.69 Å². The van der Waals surface area contributed by atoms with Gasteiger partial charge in [-0.15, -0.1) is 0 Å². The summed E-state index contributed by atoms with van der Waals surface area (Å²) in [4.78, 5) is 22.9. The molecular formula is C15H11ClN2O3S. The third-order valence-corrected chi connectivity index (χ3v) is 3.25. The summed E-state index contributed by atoms with van der Waals surface area (Å²) in [5.41, 5.74) is 0.831. The molecule has 7 heteroatoms. The van der Waals surface area contributed by atoms with E-state index in [-0.39, 0.29) is 21.6 Å². The van der Waals surface area contributed by atoms with Gasteiger partial charge in [-0.3, -0.25) is 10.1 Å². The molecule has 0 aliphatic rings. The largest absolute Gasteiger partial charge is 0.478 e. The molecular weight excluding hydrogens is 324 g/mol. The summed E-state index contributed by atoms with van der Waals surface area (Å²) < 4.78 is 0. The van der Waals surface area contributed by atoms with Crippen LogP contribution in [0.1, 0.15) is 20.7 Å². The van der Waals surface area contributed by atoms with Crippen molar-refractivity contribution in [3.05, 3.63) is 64.7 Å². The van der Waals surface area contributed by atoms with Crippen LogP contribution in [0, 0.1) is 0 Å². The number of anilines is 1. The lowest BCUT2D eigenvalue weighted by molar-refractivity contribution is 0.0697. The molecule has 2 aromatic rings. The molecule has 3 N–H and O–H groups in total. The zero-order valence-electron chi connectivity index (χ0n) is 11.2. The fraction of sp³-hybridized carbons (Fsp3) is 0. The second-order valence-corrected chi connectivity index (χ2v) is 5.09. The zero-order chi connectivity index (χ0) is 16.1. The van der Waals surface area contributed by atoms with Crippen molar-refractivity contribution in [1.29, 1.82) is 0 Å². The molecule has 0 aliphatic heterocycles. The lowest BCUT2D eigenvalue weighted by Gasteiger charge is -2.10. The summed E-state index contributed by atoms with van der Waals surface area (Å²) in [6.07, 6.45) is 0. The highest BCUT2D eigenvalue weighted by atomic mass is 35.5. The van der Waals surface area contributed by atoms with Gasteiger partial charge in [0.1, 0.15) is 0 Å². The first-order valence-electron chi connectivity index (χ1n) is 6.17. The number of amides is 1. The summed E-state index contributed by atoms with van der Waals surface area (Å²) in [6, 6.07) is 12.9. The van der Waals surface area contributed by atoms with Crippen LogP contribution < -0.4 is 10.6 Å². The van der Waals surface area contributed by atoms with Crippen molar-refractivity contribution in [2.24, 2.45) is 0 Å². The van der Waals surface area contributed by atoms with Crippen molar-refractivity contribution < 1.29 is 14.7 Å². The van der Waals surface area contributed by atoms with E-state index in [1.807, 2.05) is 0 Å². The van der Waals surface area contributed by atoms with Crippen molar-refractivity contribution in [3.8, 4) is 0 Å². The molecule has 1 amide bonds. The number of carbonyl (C=O) groups is 2. The van der Waals surface area contributed by atoms with E-state index < -0.39 is 5.97 Å². The van der Waals surface area contributed by atoms with Crippen LogP contribution in [0.5, 0.6) is 0 Å². The predicted octanol–water partition coefficient (Wildman–Crippen LogP) is 3.17. The van der Waals surface area contributed by atoms with Gasteiger partial charge in [0.15, 0.2) is 5.11 Å². The Morgan fingerprint density at radius 3 is 2.41 bits per heavy atom. The van der Waals surface area contributed by atoms with Gasteiger partial charge in [0, 0.05) is 11.3 Å². The van der Waals surface area contributed by atoms with Crippen molar-refractivity contribution in [2.45, 2.75) is 0 Å². The third kappa shape index (κ3) is 4.03. The summed E-state index contributed by atoms with van der Waals surface area (Å²) in [5.74, 6) is -1.50. The average Bonchev–Trinajstić information content (AvgIpc) is 2.49. The van der Waals surface area contributed by atoms with E-state index in [0.29, 0.717) is 11.3 Å². The topological polar surface area (TPSA) is 78.4 Å². The highest BCUT2D eigenvalue weighted by Gasteiger charge is 2.11. The Morgan fingerprint density at radius 1 is 1.09 bits per heavy atom. The minimum absolute atomic E-state index is 0.0520. The maximum absolute atomic E-state index is 11.9. The van der Waals surface area contributed by atoms with E-state index in [0.717, 1.165) is 0 Å². The Bertz CT molecular complexity index is 735. The minimum atomic E-state index is -1.15. The lowest BCUT2D eigenvalue weighted by Crippen LogP contribution is -2.34. The molecule has 0 bridgehead atoms. The van der Waals surface area contributed by atoms with Gasteiger partial charge in [0.2, 0.25) is 0 Å². The number of halogens is 1. The minimum Gasteiger partial charge on any atom is -0.478 e. The third-order valence-electron chi connectivity index (χ3n) is 2.72. The number of thiocarbonyl (C=S) groups is 1. The molecule has 22 heavy (non-hydrogen) atoms. The average molecular weight is 335 g/mol. The molecule has 0 saturated carbocycles. The van der Waals surface area contributed by atoms with Crippen molar-refractivity contribution in [2.75, 3.05) is 5.32 Å². The van der Waals surface area contributed by atoms with Crippen LogP contribution in [0.3, 0.4) is 0 Å². The maximum atomic E-state index is 11.9. The first kappa shape index (κ1) is 15.9. The fourth-order valence-electron chi connectivity index (χ4n) is 1.69. The summed E-state index contributed by atoms with van der Waals surface area (Å²) in [6.45, 7) is 0. The summed E-state index contributed by atoms with van der Waals surface area (Å²) >= 11 is 10.8. The van der Waals surface area contributed by atoms with Crippen LogP contribution in [0.15, 0.2) is 48.5 Å². The number of benzene rings is 2. The highest BCUT2D eigenvalue weighted by molar-refractivity contribution is 7.80. The fourth-order valence-corrected chi connectivity index (χ4v) is 2.10. The van der Waals surface area contributed by atoms with Gasteiger partial charge in [-0.2, -0.15) is 0 Å². The Hall–Kier alpha value is -2.44. The quantitative estimate of drug-likeness (QED) is 0.751. The van der Waals surface area contributed by atoms with E-state index >= 15 is 0 Å². The van der Waals surface area contributed by atoms with Crippen LogP contribution in [-0.4, -0.2) is 22.1 Å². The molecule has 0 aliphatic carbocycles. The van der Waals surface area contributed by atoms with E-state index in [4.69, 9.17) is 28.9 Å². The molecule has 0 radical (unpaired) electrons. The molecule has 5 nitrogen and oxygen atoms in total. The second kappa shape index (κ2) is 7.02.